The maximum atomic E-state index is 12.6. The zero-order valence-electron chi connectivity index (χ0n) is 17.3. The van der Waals surface area contributed by atoms with Crippen molar-refractivity contribution in [1.82, 2.24) is 24.7 Å². The molecule has 160 valence electrons. The minimum atomic E-state index is -0.290. The predicted molar refractivity (Wildman–Crippen MR) is 122 cm³/mol. The number of anilines is 2. The molecule has 1 aliphatic rings. The number of rotatable bonds is 4. The molecule has 1 fully saturated rings. The minimum Gasteiger partial charge on any atom is -0.382 e. The Kier molecular flexibility index (Phi) is 5.05. The molecule has 5 rings (SSSR count). The second-order valence-corrected chi connectivity index (χ2v) is 8.57. The molecule has 4 heterocycles. The molecule has 0 saturated carbocycles. The first-order valence-electron chi connectivity index (χ1n) is 10.2. The van der Waals surface area contributed by atoms with Crippen molar-refractivity contribution >= 4 is 33.7 Å². The fraction of sp³-hybridized carbons (Fsp3) is 0.227. The molecule has 9 nitrogen and oxygen atoms in total. The van der Waals surface area contributed by atoms with Gasteiger partial charge in [0, 0.05) is 23.5 Å². The number of aryl methyl sites for hydroxylation is 1. The van der Waals surface area contributed by atoms with Crippen molar-refractivity contribution in [2.75, 3.05) is 17.6 Å². The summed E-state index contributed by atoms with van der Waals surface area (Å²) in [6.07, 6.45) is 5.68. The van der Waals surface area contributed by atoms with Crippen LogP contribution in [0, 0.1) is 18.3 Å². The first-order valence-corrected chi connectivity index (χ1v) is 11.0. The van der Waals surface area contributed by atoms with E-state index in [1.54, 1.807) is 25.3 Å². The molecule has 4 N–H and O–H groups in total. The molecule has 10 heteroatoms. The minimum absolute atomic E-state index is 0.170. The lowest BCUT2D eigenvalue weighted by Gasteiger charge is -2.08. The van der Waals surface area contributed by atoms with Gasteiger partial charge in [0.2, 0.25) is 0 Å². The topological polar surface area (TPSA) is 134 Å². The van der Waals surface area contributed by atoms with Gasteiger partial charge < -0.3 is 11.1 Å². The van der Waals surface area contributed by atoms with Gasteiger partial charge in [0.25, 0.3) is 5.91 Å². The molecule has 1 aliphatic heterocycles. The summed E-state index contributed by atoms with van der Waals surface area (Å²) in [5, 5.41) is 15.7. The van der Waals surface area contributed by atoms with E-state index in [1.165, 1.54) is 0 Å². The average molecular weight is 445 g/mol. The van der Waals surface area contributed by atoms with Gasteiger partial charge in [-0.05, 0) is 38.4 Å². The van der Waals surface area contributed by atoms with E-state index in [-0.39, 0.29) is 11.9 Å². The lowest BCUT2D eigenvalue weighted by atomic mass is 10.1. The molecule has 3 aromatic heterocycles. The van der Waals surface area contributed by atoms with E-state index >= 15 is 0 Å². The Balaban J connectivity index is 1.46. The standard InChI is InChI=1S/C22H20N8OS/c1-12-16(11-23)32-22(27-12)29-21(31)14-6-4-13(5-7-14)17-18-19(24)26-9-10-30(18)20(28-17)15-3-2-8-25-15/h4-7,9-10,15,25H,2-3,8H2,1H3,(H2,24,26)(H,27,29,31)/t15-/m0/s1. The van der Waals surface area contributed by atoms with Crippen LogP contribution < -0.4 is 16.4 Å². The Bertz CT molecular complexity index is 1360. The number of benzene rings is 1. The smallest absolute Gasteiger partial charge is 0.257 e. The highest BCUT2D eigenvalue weighted by atomic mass is 32.1. The first kappa shape index (κ1) is 20.1. The fourth-order valence-electron chi connectivity index (χ4n) is 3.94. The SMILES string of the molecule is Cc1nc(NC(=O)c2ccc(-c3nc([C@@H]4CCCN4)n4ccnc(N)c34)cc2)sc1C#N. The fourth-order valence-corrected chi connectivity index (χ4v) is 4.70. The van der Waals surface area contributed by atoms with Crippen LogP contribution in [0.5, 0.6) is 0 Å². The van der Waals surface area contributed by atoms with Crippen LogP contribution in [0.25, 0.3) is 16.8 Å². The number of carbonyl (C=O) groups excluding carboxylic acids is 1. The number of nitrogen functional groups attached to an aromatic ring is 1. The second kappa shape index (κ2) is 8.03. The molecule has 0 aliphatic carbocycles. The van der Waals surface area contributed by atoms with Crippen LogP contribution >= 0.6 is 11.3 Å². The third-order valence-corrected chi connectivity index (χ3v) is 6.50. The number of hydrogen-bond acceptors (Lipinski definition) is 8. The van der Waals surface area contributed by atoms with E-state index in [0.29, 0.717) is 27.1 Å². The number of carbonyl (C=O) groups is 1. The molecule has 1 amide bonds. The summed E-state index contributed by atoms with van der Waals surface area (Å²) in [6, 6.07) is 9.42. The molecule has 0 radical (unpaired) electrons. The van der Waals surface area contributed by atoms with Crippen LogP contribution in [-0.4, -0.2) is 31.8 Å². The zero-order chi connectivity index (χ0) is 22.2. The molecule has 0 spiro atoms. The van der Waals surface area contributed by atoms with Crippen LogP contribution in [0.3, 0.4) is 0 Å². The van der Waals surface area contributed by atoms with Gasteiger partial charge in [0.15, 0.2) is 5.13 Å². The monoisotopic (exact) mass is 444 g/mol. The molecule has 1 saturated heterocycles. The number of fused-ring (bicyclic) bond motifs is 1. The third-order valence-electron chi connectivity index (χ3n) is 5.52. The largest absolute Gasteiger partial charge is 0.382 e. The molecular formula is C22H20N8OS. The summed E-state index contributed by atoms with van der Waals surface area (Å²) in [4.78, 5) is 26.5. The normalized spacial score (nSPS) is 15.7. The quantitative estimate of drug-likeness (QED) is 0.440. The van der Waals surface area contributed by atoms with Crippen molar-refractivity contribution in [3.8, 4) is 17.3 Å². The summed E-state index contributed by atoms with van der Waals surface area (Å²) in [5.74, 6) is 1.03. The number of nitrogens with zero attached hydrogens (tertiary/aromatic N) is 5. The highest BCUT2D eigenvalue weighted by molar-refractivity contribution is 7.16. The summed E-state index contributed by atoms with van der Waals surface area (Å²) >= 11 is 1.16. The van der Waals surface area contributed by atoms with Crippen molar-refractivity contribution in [3.63, 3.8) is 0 Å². The van der Waals surface area contributed by atoms with E-state index in [0.717, 1.165) is 53.3 Å². The molecule has 1 aromatic carbocycles. The van der Waals surface area contributed by atoms with E-state index < -0.39 is 0 Å². The molecule has 0 bridgehead atoms. The number of nitrogens with one attached hydrogen (secondary N) is 2. The van der Waals surface area contributed by atoms with Crippen molar-refractivity contribution < 1.29 is 4.79 Å². The van der Waals surface area contributed by atoms with Crippen LogP contribution in [-0.2, 0) is 0 Å². The number of thiazole rings is 1. The summed E-state index contributed by atoms with van der Waals surface area (Å²) < 4.78 is 2.00. The Morgan fingerprint density at radius 1 is 1.34 bits per heavy atom. The van der Waals surface area contributed by atoms with E-state index in [9.17, 15) is 4.79 Å². The third kappa shape index (κ3) is 3.47. The number of nitrogens with two attached hydrogens (primary N) is 1. The Hall–Kier alpha value is -3.81. The van der Waals surface area contributed by atoms with Gasteiger partial charge >= 0.3 is 0 Å². The molecule has 4 aromatic rings. The molecule has 1 atom stereocenters. The zero-order valence-corrected chi connectivity index (χ0v) is 18.1. The summed E-state index contributed by atoms with van der Waals surface area (Å²) in [5.41, 5.74) is 9.64. The van der Waals surface area contributed by atoms with Crippen LogP contribution in [0.15, 0.2) is 36.7 Å². The number of imidazole rings is 1. The molecular weight excluding hydrogens is 424 g/mol. The number of aromatic nitrogens is 4. The Morgan fingerprint density at radius 2 is 2.16 bits per heavy atom. The van der Waals surface area contributed by atoms with Gasteiger partial charge in [0.1, 0.15) is 33.8 Å². The van der Waals surface area contributed by atoms with Crippen molar-refractivity contribution in [1.29, 1.82) is 5.26 Å². The van der Waals surface area contributed by atoms with Gasteiger partial charge in [-0.15, -0.1) is 0 Å². The Labute approximate surface area is 188 Å². The average Bonchev–Trinajstić information content (AvgIpc) is 3.52. The van der Waals surface area contributed by atoms with Crippen LogP contribution in [0.2, 0.25) is 0 Å². The lowest BCUT2D eigenvalue weighted by molar-refractivity contribution is 0.102. The first-order chi connectivity index (χ1) is 15.5. The number of amides is 1. The van der Waals surface area contributed by atoms with Crippen molar-refractivity contribution in [2.45, 2.75) is 25.8 Å². The van der Waals surface area contributed by atoms with E-state index in [2.05, 4.69) is 26.7 Å². The van der Waals surface area contributed by atoms with Crippen molar-refractivity contribution in [2.24, 2.45) is 0 Å². The number of nitriles is 1. The maximum absolute atomic E-state index is 12.6. The molecule has 0 unspecified atom stereocenters. The van der Waals surface area contributed by atoms with Crippen LogP contribution in [0.1, 0.15) is 45.6 Å². The van der Waals surface area contributed by atoms with Gasteiger partial charge in [-0.25, -0.2) is 15.0 Å². The Morgan fingerprint density at radius 3 is 2.84 bits per heavy atom. The van der Waals surface area contributed by atoms with Crippen molar-refractivity contribution in [3.05, 3.63) is 58.6 Å². The number of hydrogen-bond donors (Lipinski definition) is 3. The van der Waals surface area contributed by atoms with Gasteiger partial charge in [0.05, 0.1) is 11.7 Å². The predicted octanol–water partition coefficient (Wildman–Crippen LogP) is 3.29. The summed E-state index contributed by atoms with van der Waals surface area (Å²) in [7, 11) is 0. The highest BCUT2D eigenvalue weighted by Crippen LogP contribution is 2.32. The second-order valence-electron chi connectivity index (χ2n) is 7.58. The highest BCUT2D eigenvalue weighted by Gasteiger charge is 2.24. The van der Waals surface area contributed by atoms with E-state index in [4.69, 9.17) is 16.0 Å². The van der Waals surface area contributed by atoms with E-state index in [1.807, 2.05) is 22.7 Å². The lowest BCUT2D eigenvalue weighted by Crippen LogP contribution is -2.16. The maximum Gasteiger partial charge on any atom is 0.257 e. The van der Waals surface area contributed by atoms with Gasteiger partial charge in [-0.1, -0.05) is 23.5 Å². The molecule has 32 heavy (non-hydrogen) atoms. The van der Waals surface area contributed by atoms with Gasteiger partial charge in [-0.3, -0.25) is 14.5 Å². The summed E-state index contributed by atoms with van der Waals surface area (Å²) in [6.45, 7) is 2.71. The van der Waals surface area contributed by atoms with Crippen LogP contribution in [0.4, 0.5) is 10.9 Å². The van der Waals surface area contributed by atoms with Gasteiger partial charge in [-0.2, -0.15) is 5.26 Å².